The molecular formula is C24H31ClN2O3S. The number of aromatic nitrogens is 1. The number of para-hydroxylation sites is 1. The molecule has 1 aromatic heterocycles. The SMILES string of the molecule is Cc1c(C(=O)C23CC4CC(CC(C4)C2)C3)c2cccc(Cl)c2n1CCCNS(C)(=O)=O. The fraction of sp³-hybridized carbons (Fsp3) is 0.625. The van der Waals surface area contributed by atoms with Crippen LogP contribution >= 0.6 is 11.6 Å². The van der Waals surface area contributed by atoms with E-state index in [4.69, 9.17) is 11.6 Å². The minimum atomic E-state index is -3.21. The van der Waals surface area contributed by atoms with Crippen molar-refractivity contribution in [3.8, 4) is 0 Å². The Morgan fingerprint density at radius 2 is 1.77 bits per heavy atom. The average Bonchev–Trinajstić information content (AvgIpc) is 2.95. The third-order valence-electron chi connectivity index (χ3n) is 7.96. The van der Waals surface area contributed by atoms with E-state index in [1.807, 2.05) is 25.1 Å². The van der Waals surface area contributed by atoms with Gasteiger partial charge in [0, 0.05) is 35.1 Å². The summed E-state index contributed by atoms with van der Waals surface area (Å²) in [5, 5.41) is 1.59. The van der Waals surface area contributed by atoms with E-state index in [0.29, 0.717) is 30.3 Å². The molecule has 0 radical (unpaired) electrons. The van der Waals surface area contributed by atoms with Gasteiger partial charge in [0.15, 0.2) is 5.78 Å². The summed E-state index contributed by atoms with van der Waals surface area (Å²) < 4.78 is 27.5. The van der Waals surface area contributed by atoms with Gasteiger partial charge in [-0.05, 0) is 75.7 Å². The molecule has 1 aromatic carbocycles. The molecule has 4 bridgehead atoms. The minimum Gasteiger partial charge on any atom is -0.343 e. The van der Waals surface area contributed by atoms with Gasteiger partial charge in [0.05, 0.1) is 16.8 Å². The molecule has 0 amide bonds. The number of Topliss-reactive ketones (excluding diaryl/α,β-unsaturated/α-hetero) is 1. The summed E-state index contributed by atoms with van der Waals surface area (Å²) in [7, 11) is -3.21. The molecule has 4 aliphatic carbocycles. The molecular weight excluding hydrogens is 432 g/mol. The quantitative estimate of drug-likeness (QED) is 0.468. The first-order chi connectivity index (χ1) is 14.7. The van der Waals surface area contributed by atoms with Crippen molar-refractivity contribution in [2.24, 2.45) is 23.2 Å². The Bertz CT molecular complexity index is 1120. The second-order valence-electron chi connectivity index (χ2n) is 10.3. The van der Waals surface area contributed by atoms with Gasteiger partial charge in [-0.3, -0.25) is 4.79 Å². The van der Waals surface area contributed by atoms with Crippen LogP contribution in [0.4, 0.5) is 0 Å². The fourth-order valence-electron chi connectivity index (χ4n) is 7.20. The number of nitrogens with zero attached hydrogens (tertiary/aromatic N) is 1. The number of fused-ring (bicyclic) bond motifs is 1. The van der Waals surface area contributed by atoms with Crippen LogP contribution in [0.2, 0.25) is 5.02 Å². The lowest BCUT2D eigenvalue weighted by Crippen LogP contribution is -2.50. The summed E-state index contributed by atoms with van der Waals surface area (Å²) in [6, 6.07) is 5.82. The van der Waals surface area contributed by atoms with Crippen LogP contribution in [0.25, 0.3) is 10.9 Å². The Morgan fingerprint density at radius 1 is 1.16 bits per heavy atom. The third kappa shape index (κ3) is 3.75. The number of hydrogen-bond acceptors (Lipinski definition) is 3. The molecule has 4 aliphatic rings. The highest BCUT2D eigenvalue weighted by Gasteiger charge is 2.55. The Kier molecular flexibility index (Phi) is 5.26. The van der Waals surface area contributed by atoms with Crippen LogP contribution in [-0.2, 0) is 16.6 Å². The van der Waals surface area contributed by atoms with E-state index in [9.17, 15) is 13.2 Å². The Hall–Kier alpha value is -1.37. The number of sulfonamides is 1. The lowest BCUT2D eigenvalue weighted by Gasteiger charge is -2.56. The van der Waals surface area contributed by atoms with Crippen LogP contribution in [0.5, 0.6) is 0 Å². The van der Waals surface area contributed by atoms with Crippen LogP contribution < -0.4 is 4.72 Å². The molecule has 6 rings (SSSR count). The van der Waals surface area contributed by atoms with E-state index in [1.54, 1.807) is 0 Å². The predicted octanol–water partition coefficient (Wildman–Crippen LogP) is 4.94. The first-order valence-corrected chi connectivity index (χ1v) is 13.7. The Balaban J connectivity index is 1.51. The molecule has 31 heavy (non-hydrogen) atoms. The van der Waals surface area contributed by atoms with Crippen molar-refractivity contribution in [3.63, 3.8) is 0 Å². The number of hydrogen-bond donors (Lipinski definition) is 1. The van der Waals surface area contributed by atoms with Crippen LogP contribution in [0.1, 0.15) is 61.0 Å². The summed E-state index contributed by atoms with van der Waals surface area (Å²) in [6.45, 7) is 3.00. The number of carbonyl (C=O) groups is 1. The molecule has 1 N–H and O–H groups in total. The number of aryl methyl sites for hydroxylation is 1. The molecule has 168 valence electrons. The highest BCUT2D eigenvalue weighted by atomic mass is 35.5. The van der Waals surface area contributed by atoms with Crippen molar-refractivity contribution in [2.75, 3.05) is 12.8 Å². The molecule has 0 saturated heterocycles. The Labute approximate surface area is 189 Å². The normalized spacial score (nSPS) is 29.7. The molecule has 0 atom stereocenters. The monoisotopic (exact) mass is 462 g/mol. The number of carbonyl (C=O) groups excluding carboxylic acids is 1. The van der Waals surface area contributed by atoms with Gasteiger partial charge >= 0.3 is 0 Å². The van der Waals surface area contributed by atoms with Gasteiger partial charge < -0.3 is 4.57 Å². The van der Waals surface area contributed by atoms with E-state index in [0.717, 1.165) is 59.2 Å². The van der Waals surface area contributed by atoms with E-state index >= 15 is 0 Å². The third-order valence-corrected chi connectivity index (χ3v) is 9.00. The summed E-state index contributed by atoms with van der Waals surface area (Å²) in [4.78, 5) is 14.2. The molecule has 7 heteroatoms. The van der Waals surface area contributed by atoms with Gasteiger partial charge in [0.25, 0.3) is 0 Å². The molecule has 5 nitrogen and oxygen atoms in total. The smallest absolute Gasteiger partial charge is 0.208 e. The summed E-state index contributed by atoms with van der Waals surface area (Å²) >= 11 is 6.61. The van der Waals surface area contributed by atoms with E-state index in [-0.39, 0.29) is 5.41 Å². The second-order valence-corrected chi connectivity index (χ2v) is 12.5. The first kappa shape index (κ1) is 21.5. The van der Waals surface area contributed by atoms with E-state index < -0.39 is 10.0 Å². The lowest BCUT2D eigenvalue weighted by molar-refractivity contribution is -0.0352. The lowest BCUT2D eigenvalue weighted by atomic mass is 9.48. The zero-order valence-electron chi connectivity index (χ0n) is 18.3. The molecule has 0 unspecified atom stereocenters. The van der Waals surface area contributed by atoms with Gasteiger partial charge in [-0.1, -0.05) is 23.7 Å². The predicted molar refractivity (Wildman–Crippen MR) is 124 cm³/mol. The Morgan fingerprint density at radius 3 is 2.35 bits per heavy atom. The second kappa shape index (κ2) is 7.60. The molecule has 2 aromatic rings. The van der Waals surface area contributed by atoms with Gasteiger partial charge in [0.1, 0.15) is 0 Å². The zero-order chi connectivity index (χ0) is 22.0. The van der Waals surface area contributed by atoms with Crippen molar-refractivity contribution >= 4 is 38.3 Å². The number of nitrogens with one attached hydrogen (secondary N) is 1. The number of halogens is 1. The topological polar surface area (TPSA) is 68.2 Å². The number of benzene rings is 1. The van der Waals surface area contributed by atoms with Gasteiger partial charge in [-0.25, -0.2) is 13.1 Å². The van der Waals surface area contributed by atoms with Crippen molar-refractivity contribution in [2.45, 2.75) is 58.4 Å². The van der Waals surface area contributed by atoms with Crippen molar-refractivity contribution < 1.29 is 13.2 Å². The first-order valence-electron chi connectivity index (χ1n) is 11.4. The molecule has 0 aliphatic heterocycles. The zero-order valence-corrected chi connectivity index (χ0v) is 19.9. The number of rotatable bonds is 7. The maximum atomic E-state index is 14.2. The summed E-state index contributed by atoms with van der Waals surface area (Å²) in [5.74, 6) is 2.47. The van der Waals surface area contributed by atoms with Crippen molar-refractivity contribution in [1.29, 1.82) is 0 Å². The van der Waals surface area contributed by atoms with E-state index in [2.05, 4.69) is 9.29 Å². The fourth-order valence-corrected chi connectivity index (χ4v) is 8.00. The van der Waals surface area contributed by atoms with Crippen LogP contribution in [-0.4, -0.2) is 31.6 Å². The van der Waals surface area contributed by atoms with Gasteiger partial charge in [-0.2, -0.15) is 0 Å². The van der Waals surface area contributed by atoms with Crippen molar-refractivity contribution in [3.05, 3.63) is 34.5 Å². The number of ketones is 1. The van der Waals surface area contributed by atoms with E-state index in [1.165, 1.54) is 25.5 Å². The van der Waals surface area contributed by atoms with Crippen LogP contribution in [0.15, 0.2) is 18.2 Å². The highest BCUT2D eigenvalue weighted by molar-refractivity contribution is 7.88. The standard InChI is InChI=1S/C24H31ClN2O3S/c1-15-21(23(28)24-12-16-9-17(13-24)11-18(10-16)14-24)19-5-3-6-20(25)22(19)27(15)8-4-7-26-31(2,29)30/h3,5-6,16-18,26H,4,7-14H2,1-2H3. The van der Waals surface area contributed by atoms with Crippen LogP contribution in [0.3, 0.4) is 0 Å². The molecule has 4 fully saturated rings. The largest absolute Gasteiger partial charge is 0.343 e. The molecule has 0 spiro atoms. The molecule has 1 heterocycles. The summed E-state index contributed by atoms with van der Waals surface area (Å²) in [6.07, 6.45) is 8.87. The van der Waals surface area contributed by atoms with Crippen molar-refractivity contribution in [1.82, 2.24) is 9.29 Å². The van der Waals surface area contributed by atoms with Gasteiger partial charge in [-0.15, -0.1) is 0 Å². The van der Waals surface area contributed by atoms with Gasteiger partial charge in [0.2, 0.25) is 10.0 Å². The highest BCUT2D eigenvalue weighted by Crippen LogP contribution is 2.61. The maximum absolute atomic E-state index is 14.2. The average molecular weight is 463 g/mol. The molecule has 4 saturated carbocycles. The summed E-state index contributed by atoms with van der Waals surface area (Å²) in [5.41, 5.74) is 2.51. The minimum absolute atomic E-state index is 0.196. The van der Waals surface area contributed by atoms with Crippen LogP contribution in [0, 0.1) is 30.1 Å². The maximum Gasteiger partial charge on any atom is 0.208 e.